The van der Waals surface area contributed by atoms with Crippen molar-refractivity contribution in [3.05, 3.63) is 0 Å². The Bertz CT molecular complexity index is 284. The molecule has 1 fully saturated rings. The van der Waals surface area contributed by atoms with Crippen molar-refractivity contribution in [1.82, 2.24) is 5.32 Å². The molecule has 110 valence electrons. The highest BCUT2D eigenvalue weighted by Crippen LogP contribution is 2.25. The molecule has 0 atom stereocenters. The van der Waals surface area contributed by atoms with Crippen LogP contribution in [0.1, 0.15) is 64.2 Å². The van der Waals surface area contributed by atoms with Crippen LogP contribution < -0.4 is 11.1 Å². The average molecular weight is 269 g/mol. The normalized spacial score (nSPS) is 18.0. The van der Waals surface area contributed by atoms with Gasteiger partial charge < -0.3 is 16.3 Å². The maximum absolute atomic E-state index is 11.8. The van der Waals surface area contributed by atoms with Crippen molar-refractivity contribution in [3.63, 3.8) is 0 Å². The number of unbranched alkanes of at least 4 members (excludes halogenated alkanes) is 1. The van der Waals surface area contributed by atoms with Gasteiger partial charge in [0, 0.05) is 19.4 Å². The van der Waals surface area contributed by atoms with Crippen LogP contribution in [0, 0.1) is 5.92 Å². The third kappa shape index (κ3) is 7.70. The molecule has 1 saturated carbocycles. The lowest BCUT2D eigenvalue weighted by Gasteiger charge is -2.13. The first-order valence-electron chi connectivity index (χ1n) is 7.45. The van der Waals surface area contributed by atoms with Crippen LogP contribution in [0.4, 0.5) is 0 Å². The summed E-state index contributed by atoms with van der Waals surface area (Å²) in [6.07, 6.45) is 10.6. The first-order valence-corrected chi connectivity index (χ1v) is 7.45. The summed E-state index contributed by atoms with van der Waals surface area (Å²) in [5, 5.41) is 14.3. The Morgan fingerprint density at radius 1 is 1.21 bits per heavy atom. The molecular weight excluding hydrogens is 242 g/mol. The summed E-state index contributed by atoms with van der Waals surface area (Å²) in [5.41, 5.74) is 5.37. The molecule has 4 N–H and O–H groups in total. The number of rotatable bonds is 7. The van der Waals surface area contributed by atoms with Gasteiger partial charge in [0.05, 0.1) is 0 Å². The topological polar surface area (TPSA) is 87.7 Å². The van der Waals surface area contributed by atoms with Crippen LogP contribution in [0.5, 0.6) is 0 Å². The summed E-state index contributed by atoms with van der Waals surface area (Å²) in [7, 11) is 0. The van der Waals surface area contributed by atoms with Gasteiger partial charge in [-0.2, -0.15) is 0 Å². The van der Waals surface area contributed by atoms with Crippen LogP contribution in [0.3, 0.4) is 0 Å². The van der Waals surface area contributed by atoms with E-state index < -0.39 is 0 Å². The molecule has 1 aliphatic rings. The van der Waals surface area contributed by atoms with Gasteiger partial charge in [0.15, 0.2) is 0 Å². The molecule has 0 aliphatic heterocycles. The lowest BCUT2D eigenvalue weighted by molar-refractivity contribution is -0.122. The number of amides is 1. The number of hydrogen-bond acceptors (Lipinski definition) is 3. The van der Waals surface area contributed by atoms with E-state index in [4.69, 9.17) is 10.9 Å². The van der Waals surface area contributed by atoms with Crippen molar-refractivity contribution in [3.8, 4) is 0 Å². The molecule has 0 heterocycles. The summed E-state index contributed by atoms with van der Waals surface area (Å²) < 4.78 is 0. The number of nitrogens with zero attached hydrogens (tertiary/aromatic N) is 1. The Labute approximate surface area is 115 Å². The van der Waals surface area contributed by atoms with E-state index in [0.717, 1.165) is 12.8 Å². The highest BCUT2D eigenvalue weighted by atomic mass is 16.4. The van der Waals surface area contributed by atoms with Crippen LogP contribution in [-0.4, -0.2) is 23.5 Å². The van der Waals surface area contributed by atoms with Crippen LogP contribution in [0.25, 0.3) is 0 Å². The maximum Gasteiger partial charge on any atom is 0.220 e. The first-order chi connectivity index (χ1) is 9.22. The van der Waals surface area contributed by atoms with Crippen molar-refractivity contribution < 1.29 is 10.0 Å². The molecule has 0 spiro atoms. The molecule has 5 heteroatoms. The number of nitrogens with two attached hydrogens (primary N) is 1. The quantitative estimate of drug-likeness (QED) is 0.166. The number of carbonyl (C=O) groups is 1. The average Bonchev–Trinajstić information content (AvgIpc) is 2.66. The Kier molecular flexibility index (Phi) is 8.02. The number of hydrogen-bond donors (Lipinski definition) is 3. The minimum atomic E-state index is 0.177. The summed E-state index contributed by atoms with van der Waals surface area (Å²) in [5.74, 6) is 1.01. The van der Waals surface area contributed by atoms with E-state index in [0.29, 0.717) is 25.3 Å². The van der Waals surface area contributed by atoms with E-state index in [-0.39, 0.29) is 11.7 Å². The number of carbonyl (C=O) groups excluding carboxylic acids is 1. The fourth-order valence-corrected chi connectivity index (χ4v) is 2.61. The maximum atomic E-state index is 11.8. The molecule has 0 bridgehead atoms. The Morgan fingerprint density at radius 3 is 2.53 bits per heavy atom. The smallest absolute Gasteiger partial charge is 0.220 e. The Balaban J connectivity index is 2.04. The van der Waals surface area contributed by atoms with Crippen LogP contribution in [-0.2, 0) is 4.79 Å². The lowest BCUT2D eigenvalue weighted by Crippen LogP contribution is -2.26. The summed E-state index contributed by atoms with van der Waals surface area (Å²) in [6, 6.07) is 0. The molecule has 0 unspecified atom stereocenters. The third-order valence-electron chi connectivity index (χ3n) is 3.76. The van der Waals surface area contributed by atoms with Crippen LogP contribution in [0.15, 0.2) is 5.16 Å². The lowest BCUT2D eigenvalue weighted by atomic mass is 9.96. The van der Waals surface area contributed by atoms with Gasteiger partial charge in [-0.15, -0.1) is 0 Å². The van der Waals surface area contributed by atoms with Gasteiger partial charge in [0.2, 0.25) is 5.91 Å². The van der Waals surface area contributed by atoms with Gasteiger partial charge in [-0.3, -0.25) is 4.79 Å². The number of oxime groups is 1. The van der Waals surface area contributed by atoms with Crippen molar-refractivity contribution in [2.75, 3.05) is 6.54 Å². The highest BCUT2D eigenvalue weighted by molar-refractivity contribution is 5.79. The van der Waals surface area contributed by atoms with Gasteiger partial charge in [-0.1, -0.05) is 30.8 Å². The molecule has 0 radical (unpaired) electrons. The van der Waals surface area contributed by atoms with E-state index in [1.165, 1.54) is 38.5 Å². The van der Waals surface area contributed by atoms with E-state index in [9.17, 15) is 4.79 Å². The monoisotopic (exact) mass is 269 g/mol. The highest BCUT2D eigenvalue weighted by Gasteiger charge is 2.15. The zero-order valence-electron chi connectivity index (χ0n) is 11.7. The second kappa shape index (κ2) is 9.64. The fraction of sp³-hybridized carbons (Fsp3) is 0.857. The van der Waals surface area contributed by atoms with E-state index in [2.05, 4.69) is 10.5 Å². The van der Waals surface area contributed by atoms with Crippen LogP contribution >= 0.6 is 0 Å². The molecule has 0 aromatic heterocycles. The Hall–Kier alpha value is -1.26. The predicted octanol–water partition coefficient (Wildman–Crippen LogP) is 2.38. The van der Waals surface area contributed by atoms with Crippen molar-refractivity contribution in [2.45, 2.75) is 64.2 Å². The predicted molar refractivity (Wildman–Crippen MR) is 76.1 cm³/mol. The minimum absolute atomic E-state index is 0.177. The summed E-state index contributed by atoms with van der Waals surface area (Å²) >= 11 is 0. The van der Waals surface area contributed by atoms with Crippen molar-refractivity contribution in [2.24, 2.45) is 16.8 Å². The zero-order valence-corrected chi connectivity index (χ0v) is 11.7. The number of amidine groups is 1. The van der Waals surface area contributed by atoms with E-state index in [1.54, 1.807) is 0 Å². The van der Waals surface area contributed by atoms with Gasteiger partial charge >= 0.3 is 0 Å². The summed E-state index contributed by atoms with van der Waals surface area (Å²) in [4.78, 5) is 11.8. The first kappa shape index (κ1) is 15.8. The van der Waals surface area contributed by atoms with Gasteiger partial charge in [-0.05, 0) is 31.6 Å². The van der Waals surface area contributed by atoms with Crippen LogP contribution in [0.2, 0.25) is 0 Å². The molecule has 1 amide bonds. The largest absolute Gasteiger partial charge is 0.409 e. The van der Waals surface area contributed by atoms with Gasteiger partial charge in [0.1, 0.15) is 5.84 Å². The van der Waals surface area contributed by atoms with Crippen molar-refractivity contribution in [1.29, 1.82) is 0 Å². The molecular formula is C14H27N3O2. The zero-order chi connectivity index (χ0) is 13.9. The molecule has 0 aromatic carbocycles. The standard InChI is InChI=1S/C14H27N3O2/c15-13(17-19)9-5-6-10-16-14(18)11-12-7-3-1-2-4-8-12/h12,19H,1-11H2,(H2,15,17)(H,16,18). The minimum Gasteiger partial charge on any atom is -0.409 e. The Morgan fingerprint density at radius 2 is 1.89 bits per heavy atom. The van der Waals surface area contributed by atoms with Gasteiger partial charge in [-0.25, -0.2) is 0 Å². The van der Waals surface area contributed by atoms with E-state index >= 15 is 0 Å². The van der Waals surface area contributed by atoms with Crippen molar-refractivity contribution >= 4 is 11.7 Å². The molecule has 0 aromatic rings. The molecule has 1 rings (SSSR count). The molecule has 5 nitrogen and oxygen atoms in total. The second-order valence-corrected chi connectivity index (χ2v) is 5.46. The SMILES string of the molecule is NC(CCCCNC(=O)CC1CCCCCC1)=NO. The third-order valence-corrected chi connectivity index (χ3v) is 3.76. The molecule has 1 aliphatic carbocycles. The number of nitrogens with one attached hydrogen (secondary N) is 1. The molecule has 19 heavy (non-hydrogen) atoms. The fourth-order valence-electron chi connectivity index (χ4n) is 2.61. The van der Waals surface area contributed by atoms with E-state index in [1.807, 2.05) is 0 Å². The molecule has 0 saturated heterocycles. The van der Waals surface area contributed by atoms with Gasteiger partial charge in [0.25, 0.3) is 0 Å². The summed E-state index contributed by atoms with van der Waals surface area (Å²) in [6.45, 7) is 0.685. The second-order valence-electron chi connectivity index (χ2n) is 5.46.